The van der Waals surface area contributed by atoms with Crippen LogP contribution in [0, 0.1) is 0 Å². The summed E-state index contributed by atoms with van der Waals surface area (Å²) in [5, 5.41) is 13.1. The van der Waals surface area contributed by atoms with E-state index in [1.54, 1.807) is 20.7 Å². The number of piperidine rings is 1. The van der Waals surface area contributed by atoms with Crippen LogP contribution in [0.15, 0.2) is 11.6 Å². The molecule has 160 valence electrons. The number of nitrogens with zero attached hydrogens (tertiary/aromatic N) is 6. The van der Waals surface area contributed by atoms with E-state index in [-0.39, 0.29) is 30.1 Å². The first-order valence-electron chi connectivity index (χ1n) is 9.83. The molecule has 4 heterocycles. The second-order valence-corrected chi connectivity index (χ2v) is 8.08. The number of rotatable bonds is 5. The van der Waals surface area contributed by atoms with Gasteiger partial charge in [0.05, 0.1) is 31.5 Å². The Morgan fingerprint density at radius 2 is 2.20 bits per heavy atom. The Labute approximate surface area is 177 Å². The van der Waals surface area contributed by atoms with Gasteiger partial charge in [-0.1, -0.05) is 5.21 Å². The van der Waals surface area contributed by atoms with Gasteiger partial charge in [-0.15, -0.1) is 16.4 Å². The molecule has 3 amide bonds. The summed E-state index contributed by atoms with van der Waals surface area (Å²) in [5.74, 6) is -0.556. The molecule has 4 rings (SSSR count). The first-order chi connectivity index (χ1) is 14.5. The lowest BCUT2D eigenvalue weighted by Crippen LogP contribution is -2.46. The molecule has 0 aromatic carbocycles. The predicted molar refractivity (Wildman–Crippen MR) is 107 cm³/mol. The van der Waals surface area contributed by atoms with Gasteiger partial charge in [0.25, 0.3) is 0 Å². The van der Waals surface area contributed by atoms with E-state index in [0.717, 1.165) is 19.3 Å². The van der Waals surface area contributed by atoms with E-state index in [2.05, 4.69) is 25.3 Å². The second kappa shape index (κ2) is 8.78. The highest BCUT2D eigenvalue weighted by Crippen LogP contribution is 2.24. The van der Waals surface area contributed by atoms with Crippen LogP contribution in [0.4, 0.5) is 9.93 Å². The number of likely N-dealkylation sites (tertiary alicyclic amines) is 1. The summed E-state index contributed by atoms with van der Waals surface area (Å²) in [4.78, 5) is 44.3. The van der Waals surface area contributed by atoms with E-state index >= 15 is 0 Å². The average molecular weight is 433 g/mol. The van der Waals surface area contributed by atoms with Gasteiger partial charge in [0, 0.05) is 31.6 Å². The Balaban J connectivity index is 1.37. The lowest BCUT2D eigenvalue weighted by Gasteiger charge is -2.32. The van der Waals surface area contributed by atoms with Crippen LogP contribution in [-0.4, -0.2) is 76.1 Å². The van der Waals surface area contributed by atoms with E-state index in [9.17, 15) is 14.4 Å². The molecule has 2 aliphatic rings. The molecule has 0 spiro atoms. The van der Waals surface area contributed by atoms with Crippen LogP contribution in [0.2, 0.25) is 0 Å². The molecule has 0 aliphatic carbocycles. The van der Waals surface area contributed by atoms with Crippen molar-refractivity contribution in [2.45, 2.75) is 31.7 Å². The topological polar surface area (TPSA) is 123 Å². The third kappa shape index (κ3) is 4.27. The number of esters is 1. The third-order valence-electron chi connectivity index (χ3n) is 5.21. The first-order valence-corrected chi connectivity index (χ1v) is 10.7. The Morgan fingerprint density at radius 3 is 3.00 bits per heavy atom. The smallest absolute Gasteiger partial charge is 0.360 e. The maximum absolute atomic E-state index is 12.8. The molecule has 11 nitrogen and oxygen atoms in total. The maximum Gasteiger partial charge on any atom is 0.360 e. The van der Waals surface area contributed by atoms with Gasteiger partial charge in [0.2, 0.25) is 5.91 Å². The fourth-order valence-electron chi connectivity index (χ4n) is 3.63. The van der Waals surface area contributed by atoms with E-state index < -0.39 is 5.97 Å². The third-order valence-corrected chi connectivity index (χ3v) is 6.12. The van der Waals surface area contributed by atoms with Crippen molar-refractivity contribution < 1.29 is 19.1 Å². The van der Waals surface area contributed by atoms with E-state index in [0.29, 0.717) is 37.0 Å². The molecular weight excluding hydrogens is 410 g/mol. The van der Waals surface area contributed by atoms with Crippen LogP contribution in [0.3, 0.4) is 0 Å². The van der Waals surface area contributed by atoms with E-state index in [4.69, 9.17) is 0 Å². The minimum absolute atomic E-state index is 0.0204. The molecular formula is C18H23N7O4S. The van der Waals surface area contributed by atoms with Crippen molar-refractivity contribution in [3.63, 3.8) is 0 Å². The molecule has 0 saturated carbocycles. The largest absolute Gasteiger partial charge is 0.464 e. The number of urea groups is 1. The van der Waals surface area contributed by atoms with E-state index in [1.807, 2.05) is 5.38 Å². The van der Waals surface area contributed by atoms with E-state index in [1.165, 1.54) is 18.4 Å². The molecule has 1 atom stereocenters. The summed E-state index contributed by atoms with van der Waals surface area (Å²) >= 11 is 1.37. The summed E-state index contributed by atoms with van der Waals surface area (Å²) < 4.78 is 6.29. The number of carbonyl (C=O) groups excluding carboxylic acids is 3. The highest BCUT2D eigenvalue weighted by atomic mass is 32.1. The summed E-state index contributed by atoms with van der Waals surface area (Å²) in [6.07, 6.45) is 4.29. The number of amides is 3. The lowest BCUT2D eigenvalue weighted by molar-refractivity contribution is -0.132. The second-order valence-electron chi connectivity index (χ2n) is 7.25. The molecule has 2 fully saturated rings. The zero-order valence-corrected chi connectivity index (χ0v) is 17.4. The molecule has 2 saturated heterocycles. The van der Waals surface area contributed by atoms with Crippen LogP contribution in [0.1, 0.15) is 41.5 Å². The van der Waals surface area contributed by atoms with Crippen LogP contribution < -0.4 is 10.2 Å². The van der Waals surface area contributed by atoms with Gasteiger partial charge in [-0.05, 0) is 19.3 Å². The van der Waals surface area contributed by atoms with Crippen molar-refractivity contribution in [3.8, 4) is 0 Å². The fraction of sp³-hybridized carbons (Fsp3) is 0.556. The number of thiazole rings is 1. The summed E-state index contributed by atoms with van der Waals surface area (Å²) in [7, 11) is 1.30. The standard InChI is InChI=1S/C18H23N7O4S/c1-29-16(27)14-10-25(22-21-14)13-4-2-6-23(9-13)15(26)8-12-11-30-18(20-12)24-7-3-5-19-17(24)28/h10-11,13H,2-9H2,1H3,(H,19,28). The van der Waals surface area contributed by atoms with Gasteiger partial charge in [0.15, 0.2) is 10.8 Å². The predicted octanol–water partition coefficient (Wildman–Crippen LogP) is 0.847. The molecule has 1 unspecified atom stereocenters. The summed E-state index contributed by atoms with van der Waals surface area (Å²) in [6.45, 7) is 2.47. The molecule has 12 heteroatoms. The van der Waals surface area contributed by atoms with Crippen molar-refractivity contribution in [2.75, 3.05) is 38.2 Å². The van der Waals surface area contributed by atoms with Gasteiger partial charge in [-0.2, -0.15) is 0 Å². The number of anilines is 1. The van der Waals surface area contributed by atoms with Gasteiger partial charge < -0.3 is 15.0 Å². The lowest BCUT2D eigenvalue weighted by atomic mass is 10.1. The van der Waals surface area contributed by atoms with Crippen molar-refractivity contribution in [3.05, 3.63) is 23.0 Å². The highest BCUT2D eigenvalue weighted by molar-refractivity contribution is 7.14. The number of hydrogen-bond donors (Lipinski definition) is 1. The first kappa shape index (κ1) is 20.3. The highest BCUT2D eigenvalue weighted by Gasteiger charge is 2.28. The number of ether oxygens (including phenoxy) is 1. The molecule has 2 aliphatic heterocycles. The van der Waals surface area contributed by atoms with Crippen LogP contribution in [-0.2, 0) is 16.0 Å². The number of methoxy groups -OCH3 is 1. The molecule has 0 bridgehead atoms. The SMILES string of the molecule is COC(=O)c1cn(C2CCCN(C(=O)Cc3csc(N4CCCNC4=O)n3)C2)nn1. The maximum atomic E-state index is 12.8. The number of aromatic nitrogens is 4. The molecule has 2 aromatic heterocycles. The minimum Gasteiger partial charge on any atom is -0.464 e. The van der Waals surface area contributed by atoms with Crippen molar-refractivity contribution >= 4 is 34.4 Å². The zero-order chi connectivity index (χ0) is 21.1. The molecule has 1 N–H and O–H groups in total. The van der Waals surface area contributed by atoms with Gasteiger partial charge in [0.1, 0.15) is 0 Å². The Kier molecular flexibility index (Phi) is 5.93. The fourth-order valence-corrected chi connectivity index (χ4v) is 4.48. The monoisotopic (exact) mass is 433 g/mol. The van der Waals surface area contributed by atoms with Gasteiger partial charge in [-0.25, -0.2) is 19.3 Å². The normalized spacial score (nSPS) is 19.5. The van der Waals surface area contributed by atoms with Crippen molar-refractivity contribution in [2.24, 2.45) is 0 Å². The minimum atomic E-state index is -0.535. The van der Waals surface area contributed by atoms with Gasteiger partial charge >= 0.3 is 12.0 Å². The van der Waals surface area contributed by atoms with Crippen LogP contribution in [0.25, 0.3) is 0 Å². The van der Waals surface area contributed by atoms with Gasteiger partial charge in [-0.3, -0.25) is 9.69 Å². The Bertz CT molecular complexity index is 943. The average Bonchev–Trinajstić information content (AvgIpc) is 3.44. The number of carbonyl (C=O) groups is 3. The number of nitrogens with one attached hydrogen (secondary N) is 1. The Morgan fingerprint density at radius 1 is 1.33 bits per heavy atom. The van der Waals surface area contributed by atoms with Crippen LogP contribution in [0.5, 0.6) is 0 Å². The zero-order valence-electron chi connectivity index (χ0n) is 16.6. The van der Waals surface area contributed by atoms with Crippen LogP contribution >= 0.6 is 11.3 Å². The quantitative estimate of drug-likeness (QED) is 0.694. The molecule has 2 aromatic rings. The van der Waals surface area contributed by atoms with Crippen molar-refractivity contribution in [1.29, 1.82) is 0 Å². The Hall–Kier alpha value is -3.02. The molecule has 0 radical (unpaired) electrons. The number of hydrogen-bond acceptors (Lipinski definition) is 8. The molecule has 30 heavy (non-hydrogen) atoms. The van der Waals surface area contributed by atoms with Crippen molar-refractivity contribution in [1.82, 2.24) is 30.2 Å². The summed E-state index contributed by atoms with van der Waals surface area (Å²) in [6, 6.07) is -0.192. The summed E-state index contributed by atoms with van der Waals surface area (Å²) in [5.41, 5.74) is 0.812.